The highest BCUT2D eigenvalue weighted by Crippen LogP contribution is 2.32. The minimum atomic E-state index is -0.0754. The standard InChI is InChI=1S/C25H23N3O3S/c29-23-10-15-32-22-9-8-18(16-21(22)26-23)24(30)27-11-13-28(14-12-27)25(31)20-7-3-5-17-4-1-2-6-19(17)20/h1-9,16H,10-15H2,(H,26,29). The maximum absolute atomic E-state index is 13.2. The molecule has 0 spiro atoms. The number of hydrogen-bond donors (Lipinski definition) is 1. The molecular weight excluding hydrogens is 422 g/mol. The lowest BCUT2D eigenvalue weighted by Crippen LogP contribution is -2.50. The van der Waals surface area contributed by atoms with Crippen LogP contribution in [-0.2, 0) is 4.79 Å². The van der Waals surface area contributed by atoms with E-state index in [0.29, 0.717) is 49.4 Å². The summed E-state index contributed by atoms with van der Waals surface area (Å²) >= 11 is 1.62. The molecule has 0 aliphatic carbocycles. The van der Waals surface area contributed by atoms with Crippen molar-refractivity contribution in [3.05, 3.63) is 71.8 Å². The summed E-state index contributed by atoms with van der Waals surface area (Å²) < 4.78 is 0. The second-order valence-corrected chi connectivity index (χ2v) is 9.11. The van der Waals surface area contributed by atoms with E-state index in [-0.39, 0.29) is 17.7 Å². The zero-order valence-corrected chi connectivity index (χ0v) is 18.4. The van der Waals surface area contributed by atoms with Crippen LogP contribution in [0, 0.1) is 0 Å². The highest BCUT2D eigenvalue weighted by Gasteiger charge is 2.27. The van der Waals surface area contributed by atoms with E-state index in [9.17, 15) is 14.4 Å². The summed E-state index contributed by atoms with van der Waals surface area (Å²) in [5.41, 5.74) is 1.95. The van der Waals surface area contributed by atoms with Crippen molar-refractivity contribution in [3.63, 3.8) is 0 Å². The molecule has 6 nitrogen and oxygen atoms in total. The molecule has 1 fully saturated rings. The Balaban J connectivity index is 1.28. The van der Waals surface area contributed by atoms with Crippen LogP contribution in [0.1, 0.15) is 27.1 Å². The zero-order valence-electron chi connectivity index (χ0n) is 17.5. The molecule has 162 valence electrons. The van der Waals surface area contributed by atoms with Crippen LogP contribution < -0.4 is 5.32 Å². The first-order valence-corrected chi connectivity index (χ1v) is 11.7. The van der Waals surface area contributed by atoms with Crippen LogP contribution in [0.4, 0.5) is 5.69 Å². The molecule has 3 aromatic rings. The summed E-state index contributed by atoms with van der Waals surface area (Å²) in [6.07, 6.45) is 0.468. The van der Waals surface area contributed by atoms with Crippen molar-refractivity contribution in [2.24, 2.45) is 0 Å². The summed E-state index contributed by atoms with van der Waals surface area (Å²) in [6, 6.07) is 19.1. The zero-order chi connectivity index (χ0) is 22.1. The van der Waals surface area contributed by atoms with Crippen LogP contribution >= 0.6 is 11.8 Å². The summed E-state index contributed by atoms with van der Waals surface area (Å²) in [5, 5.41) is 4.88. The minimum absolute atomic E-state index is 0.00123. The molecule has 2 aliphatic rings. The Kier molecular flexibility index (Phi) is 5.57. The van der Waals surface area contributed by atoms with Crippen LogP contribution in [0.15, 0.2) is 65.6 Å². The first-order valence-electron chi connectivity index (χ1n) is 10.7. The molecule has 2 heterocycles. The number of thioether (sulfide) groups is 1. The first kappa shape index (κ1) is 20.6. The molecule has 0 unspecified atom stereocenters. The number of hydrogen-bond acceptors (Lipinski definition) is 4. The Hall–Kier alpha value is -3.32. The average Bonchev–Trinajstić information content (AvgIpc) is 3.02. The minimum Gasteiger partial charge on any atom is -0.335 e. The molecule has 5 rings (SSSR count). The lowest BCUT2D eigenvalue weighted by molar-refractivity contribution is -0.115. The largest absolute Gasteiger partial charge is 0.335 e. The Morgan fingerprint density at radius 1 is 0.844 bits per heavy atom. The van der Waals surface area contributed by atoms with Gasteiger partial charge in [-0.25, -0.2) is 0 Å². The van der Waals surface area contributed by atoms with Gasteiger partial charge in [0.1, 0.15) is 0 Å². The number of nitrogens with zero attached hydrogens (tertiary/aromatic N) is 2. The molecule has 1 saturated heterocycles. The van der Waals surface area contributed by atoms with Crippen LogP contribution in [0.25, 0.3) is 10.8 Å². The quantitative estimate of drug-likeness (QED) is 0.650. The molecule has 0 bridgehead atoms. The van der Waals surface area contributed by atoms with E-state index in [1.165, 1.54) is 0 Å². The number of rotatable bonds is 2. The van der Waals surface area contributed by atoms with Crippen molar-refractivity contribution in [1.29, 1.82) is 0 Å². The number of fused-ring (bicyclic) bond motifs is 2. The maximum atomic E-state index is 13.2. The summed E-state index contributed by atoms with van der Waals surface area (Å²) in [4.78, 5) is 42.7. The molecule has 0 atom stereocenters. The van der Waals surface area contributed by atoms with Gasteiger partial charge in [0.2, 0.25) is 5.91 Å². The van der Waals surface area contributed by atoms with Gasteiger partial charge in [-0.15, -0.1) is 11.8 Å². The predicted octanol–water partition coefficient (Wildman–Crippen LogP) is 3.87. The van der Waals surface area contributed by atoms with Crippen LogP contribution in [0.5, 0.6) is 0 Å². The van der Waals surface area contributed by atoms with E-state index in [0.717, 1.165) is 21.4 Å². The predicted molar refractivity (Wildman–Crippen MR) is 126 cm³/mol. The van der Waals surface area contributed by atoms with Gasteiger partial charge in [-0.2, -0.15) is 0 Å². The van der Waals surface area contributed by atoms with Gasteiger partial charge in [0.05, 0.1) is 5.69 Å². The van der Waals surface area contributed by atoms with E-state index in [1.807, 2.05) is 59.5 Å². The SMILES string of the molecule is O=C1CCSc2ccc(C(=O)N3CCN(C(=O)c4cccc5ccccc45)CC3)cc2N1. The number of piperazine rings is 1. The summed E-state index contributed by atoms with van der Waals surface area (Å²) in [7, 11) is 0. The van der Waals surface area contributed by atoms with Gasteiger partial charge in [0.15, 0.2) is 0 Å². The fourth-order valence-corrected chi connectivity index (χ4v) is 5.17. The smallest absolute Gasteiger partial charge is 0.254 e. The Bertz CT molecular complexity index is 1210. The van der Waals surface area contributed by atoms with E-state index in [2.05, 4.69) is 5.32 Å². The van der Waals surface area contributed by atoms with Gasteiger partial charge < -0.3 is 15.1 Å². The number of benzene rings is 3. The first-order chi connectivity index (χ1) is 15.6. The van der Waals surface area contributed by atoms with Crippen molar-refractivity contribution in [3.8, 4) is 0 Å². The van der Waals surface area contributed by atoms with Gasteiger partial charge in [0.25, 0.3) is 11.8 Å². The third-order valence-electron chi connectivity index (χ3n) is 5.96. The molecule has 0 aromatic heterocycles. The topological polar surface area (TPSA) is 69.7 Å². The molecular formula is C25H23N3O3S. The molecule has 7 heteroatoms. The molecule has 1 N–H and O–H groups in total. The molecule has 32 heavy (non-hydrogen) atoms. The van der Waals surface area contributed by atoms with Gasteiger partial charge in [-0.1, -0.05) is 36.4 Å². The summed E-state index contributed by atoms with van der Waals surface area (Å²) in [6.45, 7) is 1.94. The highest BCUT2D eigenvalue weighted by atomic mass is 32.2. The molecule has 0 saturated carbocycles. The van der Waals surface area contributed by atoms with Crippen LogP contribution in [0.2, 0.25) is 0 Å². The lowest BCUT2D eigenvalue weighted by Gasteiger charge is -2.35. The molecule has 2 aliphatic heterocycles. The fraction of sp³-hybridized carbons (Fsp3) is 0.240. The molecule has 0 radical (unpaired) electrons. The monoisotopic (exact) mass is 445 g/mol. The normalized spacial score (nSPS) is 16.3. The van der Waals surface area contributed by atoms with E-state index in [1.54, 1.807) is 22.7 Å². The van der Waals surface area contributed by atoms with E-state index < -0.39 is 0 Å². The van der Waals surface area contributed by atoms with Gasteiger partial charge in [-0.05, 0) is 35.0 Å². The highest BCUT2D eigenvalue weighted by molar-refractivity contribution is 7.99. The van der Waals surface area contributed by atoms with Gasteiger partial charge in [0, 0.05) is 54.4 Å². The average molecular weight is 446 g/mol. The van der Waals surface area contributed by atoms with E-state index >= 15 is 0 Å². The fourth-order valence-electron chi connectivity index (χ4n) is 4.23. The van der Waals surface area contributed by atoms with Gasteiger partial charge in [-0.3, -0.25) is 14.4 Å². The number of amides is 3. The molecule has 3 aromatic carbocycles. The second kappa shape index (κ2) is 8.67. The number of nitrogens with one attached hydrogen (secondary N) is 1. The third-order valence-corrected chi connectivity index (χ3v) is 7.04. The third kappa shape index (κ3) is 3.96. The van der Waals surface area contributed by atoms with Crippen LogP contribution in [0.3, 0.4) is 0 Å². The van der Waals surface area contributed by atoms with E-state index in [4.69, 9.17) is 0 Å². The van der Waals surface area contributed by atoms with Crippen molar-refractivity contribution in [1.82, 2.24) is 9.80 Å². The van der Waals surface area contributed by atoms with Crippen molar-refractivity contribution < 1.29 is 14.4 Å². The van der Waals surface area contributed by atoms with Crippen molar-refractivity contribution in [2.45, 2.75) is 11.3 Å². The number of anilines is 1. The second-order valence-electron chi connectivity index (χ2n) is 7.97. The summed E-state index contributed by atoms with van der Waals surface area (Å²) in [5.74, 6) is 0.632. The Morgan fingerprint density at radius 3 is 2.38 bits per heavy atom. The van der Waals surface area contributed by atoms with Crippen molar-refractivity contribution >= 4 is 45.9 Å². The Labute approximate surface area is 190 Å². The maximum Gasteiger partial charge on any atom is 0.254 e. The number of carbonyl (C=O) groups is 3. The van der Waals surface area contributed by atoms with Crippen LogP contribution in [-0.4, -0.2) is 59.5 Å². The lowest BCUT2D eigenvalue weighted by atomic mass is 10.0. The Morgan fingerprint density at radius 2 is 1.56 bits per heavy atom. The van der Waals surface area contributed by atoms with Crippen molar-refractivity contribution in [2.75, 3.05) is 37.2 Å². The molecule has 3 amide bonds. The number of carbonyl (C=O) groups excluding carboxylic acids is 3. The van der Waals surface area contributed by atoms with Gasteiger partial charge >= 0.3 is 0 Å².